The summed E-state index contributed by atoms with van der Waals surface area (Å²) in [6, 6.07) is 18.0. The number of nitrogens with zero attached hydrogens (tertiary/aromatic N) is 1. The fraction of sp³-hybridized carbons (Fsp3) is 0.0909. The van der Waals surface area contributed by atoms with Gasteiger partial charge in [0.05, 0.1) is 23.8 Å². The third kappa shape index (κ3) is 5.93. The minimum Gasteiger partial charge on any atom is -0.493 e. The lowest BCUT2D eigenvalue weighted by molar-refractivity contribution is 0.0729. The van der Waals surface area contributed by atoms with Crippen LogP contribution in [-0.4, -0.2) is 27.7 Å². The summed E-state index contributed by atoms with van der Waals surface area (Å²) in [4.78, 5) is 14.6. The number of nitrogens with one attached hydrogen (secondary N) is 1. The summed E-state index contributed by atoms with van der Waals surface area (Å²) in [7, 11) is -2.34. The van der Waals surface area contributed by atoms with Gasteiger partial charge in [-0.2, -0.15) is 13.5 Å². The van der Waals surface area contributed by atoms with Crippen molar-refractivity contribution in [3.8, 4) is 11.5 Å². The largest absolute Gasteiger partial charge is 0.493 e. The second-order valence-electron chi connectivity index (χ2n) is 6.48. The van der Waals surface area contributed by atoms with E-state index >= 15 is 0 Å². The molecule has 0 aliphatic rings. The van der Waals surface area contributed by atoms with Gasteiger partial charge in [0.2, 0.25) is 0 Å². The van der Waals surface area contributed by atoms with Crippen molar-refractivity contribution in [1.82, 2.24) is 4.83 Å². The van der Waals surface area contributed by atoms with Gasteiger partial charge in [-0.1, -0.05) is 39.7 Å². The molecule has 31 heavy (non-hydrogen) atoms. The Balaban J connectivity index is 1.72. The first-order chi connectivity index (χ1) is 14.8. The van der Waals surface area contributed by atoms with Gasteiger partial charge in [-0.3, -0.25) is 0 Å². The fourth-order valence-corrected chi connectivity index (χ4v) is 3.75. The summed E-state index contributed by atoms with van der Waals surface area (Å²) < 4.78 is 36.0. The third-order valence-corrected chi connectivity index (χ3v) is 5.90. The summed E-state index contributed by atoms with van der Waals surface area (Å²) >= 11 is 3.31. The van der Waals surface area contributed by atoms with E-state index in [2.05, 4.69) is 25.9 Å². The lowest BCUT2D eigenvalue weighted by Crippen LogP contribution is -2.18. The maximum atomic E-state index is 12.4. The Morgan fingerprint density at radius 2 is 1.77 bits per heavy atom. The minimum absolute atomic E-state index is 0.114. The monoisotopic (exact) mass is 502 g/mol. The first kappa shape index (κ1) is 22.5. The van der Waals surface area contributed by atoms with Crippen LogP contribution >= 0.6 is 15.9 Å². The average Bonchev–Trinajstić information content (AvgIpc) is 2.74. The molecule has 3 aromatic rings. The second-order valence-corrected chi connectivity index (χ2v) is 9.05. The second kappa shape index (κ2) is 9.76. The molecule has 0 unspecified atom stereocenters. The summed E-state index contributed by atoms with van der Waals surface area (Å²) in [5.41, 5.74) is 1.88. The lowest BCUT2D eigenvalue weighted by Gasteiger charge is -2.10. The van der Waals surface area contributed by atoms with E-state index in [-0.39, 0.29) is 10.6 Å². The zero-order valence-electron chi connectivity index (χ0n) is 16.7. The predicted molar refractivity (Wildman–Crippen MR) is 121 cm³/mol. The number of hydrogen-bond acceptors (Lipinski definition) is 6. The van der Waals surface area contributed by atoms with E-state index in [0.717, 1.165) is 10.0 Å². The van der Waals surface area contributed by atoms with Gasteiger partial charge in [-0.25, -0.2) is 9.63 Å². The highest BCUT2D eigenvalue weighted by Crippen LogP contribution is 2.28. The highest BCUT2D eigenvalue weighted by atomic mass is 79.9. The molecule has 0 radical (unpaired) electrons. The molecule has 0 atom stereocenters. The minimum atomic E-state index is -3.77. The number of hydrazone groups is 1. The van der Waals surface area contributed by atoms with Gasteiger partial charge >= 0.3 is 5.97 Å². The van der Waals surface area contributed by atoms with Crippen LogP contribution in [0.15, 0.2) is 81.2 Å². The van der Waals surface area contributed by atoms with Crippen molar-refractivity contribution in [2.45, 2.75) is 11.8 Å². The van der Waals surface area contributed by atoms with Gasteiger partial charge in [0.25, 0.3) is 10.0 Å². The van der Waals surface area contributed by atoms with Crippen molar-refractivity contribution >= 4 is 38.1 Å². The average molecular weight is 503 g/mol. The molecule has 1 N–H and O–H groups in total. The highest BCUT2D eigenvalue weighted by Gasteiger charge is 2.14. The summed E-state index contributed by atoms with van der Waals surface area (Å²) in [6.45, 7) is 1.87. The van der Waals surface area contributed by atoms with Crippen LogP contribution < -0.4 is 14.3 Å². The van der Waals surface area contributed by atoms with Crippen LogP contribution in [0, 0.1) is 6.92 Å². The number of rotatable bonds is 7. The Bertz CT molecular complexity index is 1220. The lowest BCUT2D eigenvalue weighted by atomic mass is 10.2. The van der Waals surface area contributed by atoms with Crippen LogP contribution in [-0.2, 0) is 10.0 Å². The van der Waals surface area contributed by atoms with Gasteiger partial charge in [-0.05, 0) is 61.0 Å². The zero-order valence-corrected chi connectivity index (χ0v) is 19.1. The first-order valence-corrected chi connectivity index (χ1v) is 11.3. The molecule has 0 saturated carbocycles. The van der Waals surface area contributed by atoms with Crippen LogP contribution in [0.2, 0.25) is 0 Å². The Morgan fingerprint density at radius 1 is 1.03 bits per heavy atom. The number of ether oxygens (including phenoxy) is 2. The van der Waals surface area contributed by atoms with Crippen molar-refractivity contribution in [2.24, 2.45) is 5.10 Å². The van der Waals surface area contributed by atoms with Crippen molar-refractivity contribution in [3.63, 3.8) is 0 Å². The zero-order chi connectivity index (χ0) is 22.4. The van der Waals surface area contributed by atoms with E-state index in [4.69, 9.17) is 9.47 Å². The summed E-state index contributed by atoms with van der Waals surface area (Å²) in [5, 5.41) is 3.80. The smallest absolute Gasteiger partial charge is 0.343 e. The molecule has 0 saturated heterocycles. The number of methoxy groups -OCH3 is 1. The molecule has 0 spiro atoms. The van der Waals surface area contributed by atoms with Crippen LogP contribution in [0.5, 0.6) is 11.5 Å². The normalized spacial score (nSPS) is 11.3. The van der Waals surface area contributed by atoms with Crippen LogP contribution in [0.1, 0.15) is 21.5 Å². The molecule has 0 amide bonds. The number of carbonyl (C=O) groups excluding carboxylic acids is 1. The molecular formula is C22H19BrN2O5S. The van der Waals surface area contributed by atoms with Crippen LogP contribution in [0.3, 0.4) is 0 Å². The molecule has 0 bridgehead atoms. The van der Waals surface area contributed by atoms with Crippen molar-refractivity contribution < 1.29 is 22.7 Å². The van der Waals surface area contributed by atoms with E-state index < -0.39 is 16.0 Å². The van der Waals surface area contributed by atoms with E-state index in [1.54, 1.807) is 54.6 Å². The molecule has 0 fully saturated rings. The van der Waals surface area contributed by atoms with E-state index in [1.807, 2.05) is 6.92 Å². The number of esters is 1. The predicted octanol–water partition coefficient (Wildman–Crippen LogP) is 4.30. The number of halogens is 1. The summed E-state index contributed by atoms with van der Waals surface area (Å²) in [6.07, 6.45) is 1.33. The van der Waals surface area contributed by atoms with E-state index in [9.17, 15) is 13.2 Å². The van der Waals surface area contributed by atoms with Crippen molar-refractivity contribution in [2.75, 3.05) is 7.11 Å². The van der Waals surface area contributed by atoms with E-state index in [1.165, 1.54) is 25.5 Å². The van der Waals surface area contributed by atoms with Gasteiger partial charge in [0, 0.05) is 4.47 Å². The number of aryl methyl sites for hydroxylation is 1. The van der Waals surface area contributed by atoms with Crippen LogP contribution in [0.25, 0.3) is 0 Å². The van der Waals surface area contributed by atoms with Gasteiger partial charge in [-0.15, -0.1) is 0 Å². The highest BCUT2D eigenvalue weighted by molar-refractivity contribution is 9.10. The molecular weight excluding hydrogens is 484 g/mol. The number of hydrogen-bond donors (Lipinski definition) is 1. The standard InChI is InChI=1S/C22H19BrN2O5S/c1-15-6-9-19(10-7-15)31(27,28)25-24-14-16-8-11-20(21(12-16)29-2)30-22(26)17-4-3-5-18(23)13-17/h3-14,25H,1-2H3/b24-14+. The molecule has 0 aliphatic heterocycles. The molecule has 3 rings (SSSR count). The Morgan fingerprint density at radius 3 is 2.45 bits per heavy atom. The molecule has 3 aromatic carbocycles. The van der Waals surface area contributed by atoms with E-state index in [0.29, 0.717) is 16.9 Å². The maximum absolute atomic E-state index is 12.4. The van der Waals surface area contributed by atoms with Gasteiger partial charge in [0.1, 0.15) is 0 Å². The SMILES string of the molecule is COc1cc(/C=N/NS(=O)(=O)c2ccc(C)cc2)ccc1OC(=O)c1cccc(Br)c1. The maximum Gasteiger partial charge on any atom is 0.343 e. The molecule has 0 heterocycles. The molecule has 7 nitrogen and oxygen atoms in total. The molecule has 0 aliphatic carbocycles. The molecule has 160 valence electrons. The fourth-order valence-electron chi connectivity index (χ4n) is 2.56. The molecule has 9 heteroatoms. The number of sulfonamides is 1. The summed E-state index contributed by atoms with van der Waals surface area (Å²) in [5.74, 6) is -0.00887. The third-order valence-electron chi connectivity index (χ3n) is 4.17. The quantitative estimate of drug-likeness (QED) is 0.225. The Hall–Kier alpha value is -3.17. The van der Waals surface area contributed by atoms with Crippen molar-refractivity contribution in [1.29, 1.82) is 0 Å². The van der Waals surface area contributed by atoms with Crippen LogP contribution in [0.4, 0.5) is 0 Å². The van der Waals surface area contributed by atoms with Gasteiger partial charge in [0.15, 0.2) is 11.5 Å². The van der Waals surface area contributed by atoms with Crippen molar-refractivity contribution in [3.05, 3.63) is 87.9 Å². The van der Waals surface area contributed by atoms with Gasteiger partial charge < -0.3 is 9.47 Å². The number of carbonyl (C=O) groups is 1. The first-order valence-electron chi connectivity index (χ1n) is 9.06. The Kier molecular flexibility index (Phi) is 7.09. The molecule has 0 aromatic heterocycles. The number of benzene rings is 3. The Labute approximate surface area is 188 Å². The topological polar surface area (TPSA) is 94.1 Å².